The highest BCUT2D eigenvalue weighted by Crippen LogP contribution is 2.32. The fourth-order valence-electron chi connectivity index (χ4n) is 2.20. The molecule has 130 valence electrons. The van der Waals surface area contributed by atoms with E-state index in [2.05, 4.69) is 0 Å². The van der Waals surface area contributed by atoms with Crippen LogP contribution in [0.4, 0.5) is 13.2 Å². The molecule has 24 heavy (non-hydrogen) atoms. The Morgan fingerprint density at radius 2 is 1.54 bits per heavy atom. The molecular formula is C19H21F3O2. The zero-order valence-electron chi connectivity index (χ0n) is 13.9. The topological polar surface area (TPSA) is 18.5 Å². The monoisotopic (exact) mass is 338 g/mol. The van der Waals surface area contributed by atoms with Crippen molar-refractivity contribution in [3.63, 3.8) is 0 Å². The maximum absolute atomic E-state index is 14.3. The van der Waals surface area contributed by atoms with E-state index in [9.17, 15) is 13.2 Å². The first-order valence-electron chi connectivity index (χ1n) is 8.12. The molecule has 0 amide bonds. The summed E-state index contributed by atoms with van der Waals surface area (Å²) < 4.78 is 53.1. The number of hydrogen-bond donors (Lipinski definition) is 0. The van der Waals surface area contributed by atoms with Crippen LogP contribution in [-0.2, 0) is 0 Å². The van der Waals surface area contributed by atoms with Gasteiger partial charge in [0.25, 0.3) is 0 Å². The second-order valence-electron chi connectivity index (χ2n) is 5.43. The lowest BCUT2D eigenvalue weighted by Crippen LogP contribution is -2.01. The van der Waals surface area contributed by atoms with Crippen molar-refractivity contribution in [1.82, 2.24) is 0 Å². The molecule has 0 saturated carbocycles. The fraction of sp³-hybridized carbons (Fsp3) is 0.368. The summed E-state index contributed by atoms with van der Waals surface area (Å²) in [5, 5.41) is 0. The molecule has 0 atom stereocenters. The summed E-state index contributed by atoms with van der Waals surface area (Å²) in [6, 6.07) is 6.76. The van der Waals surface area contributed by atoms with Crippen molar-refractivity contribution in [3.8, 4) is 22.6 Å². The molecule has 0 bridgehead atoms. The van der Waals surface area contributed by atoms with Crippen LogP contribution < -0.4 is 9.47 Å². The second-order valence-corrected chi connectivity index (χ2v) is 5.43. The first kappa shape index (κ1) is 18.2. The Morgan fingerprint density at radius 3 is 2.21 bits per heavy atom. The van der Waals surface area contributed by atoms with Gasteiger partial charge in [0, 0.05) is 17.2 Å². The molecule has 0 aromatic heterocycles. The minimum absolute atomic E-state index is 0.0173. The molecule has 0 N–H and O–H groups in total. The Morgan fingerprint density at radius 1 is 0.792 bits per heavy atom. The first-order valence-corrected chi connectivity index (χ1v) is 8.12. The van der Waals surface area contributed by atoms with Crippen LogP contribution in [0.1, 0.15) is 33.1 Å². The third-order valence-electron chi connectivity index (χ3n) is 3.51. The average Bonchev–Trinajstić information content (AvgIpc) is 2.57. The van der Waals surface area contributed by atoms with Gasteiger partial charge in [-0.2, -0.15) is 4.39 Å². The molecule has 0 aliphatic rings. The van der Waals surface area contributed by atoms with E-state index in [0.717, 1.165) is 12.8 Å². The van der Waals surface area contributed by atoms with Crippen LogP contribution in [0.15, 0.2) is 30.3 Å². The van der Waals surface area contributed by atoms with E-state index in [4.69, 9.17) is 9.47 Å². The van der Waals surface area contributed by atoms with E-state index in [-0.39, 0.29) is 23.5 Å². The third-order valence-corrected chi connectivity index (χ3v) is 3.51. The maximum Gasteiger partial charge on any atom is 0.201 e. The van der Waals surface area contributed by atoms with Gasteiger partial charge >= 0.3 is 0 Å². The quantitative estimate of drug-likeness (QED) is 0.572. The molecular weight excluding hydrogens is 317 g/mol. The van der Waals surface area contributed by atoms with Gasteiger partial charge in [0.05, 0.1) is 13.2 Å². The molecule has 2 aromatic rings. The first-order chi connectivity index (χ1) is 11.6. The van der Waals surface area contributed by atoms with Crippen LogP contribution in [-0.4, -0.2) is 13.2 Å². The van der Waals surface area contributed by atoms with Gasteiger partial charge in [0.1, 0.15) is 11.6 Å². The number of benzene rings is 2. The zero-order chi connectivity index (χ0) is 17.5. The summed E-state index contributed by atoms with van der Waals surface area (Å²) in [5.74, 6) is -2.69. The predicted octanol–water partition coefficient (Wildman–Crippen LogP) is 5.74. The number of ether oxygens (including phenoxy) is 2. The summed E-state index contributed by atoms with van der Waals surface area (Å²) in [6.45, 7) is 4.66. The fourth-order valence-corrected chi connectivity index (χ4v) is 2.20. The van der Waals surface area contributed by atoms with Crippen LogP contribution in [0.3, 0.4) is 0 Å². The normalized spacial score (nSPS) is 10.7. The maximum atomic E-state index is 14.3. The van der Waals surface area contributed by atoms with Gasteiger partial charge in [0.15, 0.2) is 11.6 Å². The molecule has 5 heteroatoms. The molecule has 0 fully saturated rings. The van der Waals surface area contributed by atoms with E-state index in [1.54, 1.807) is 6.07 Å². The summed E-state index contributed by atoms with van der Waals surface area (Å²) in [4.78, 5) is 0. The molecule has 2 rings (SSSR count). The SMILES string of the molecule is CCCCOc1ccc(-c2ccc(OCCC)c(F)c2F)c(F)c1. The number of rotatable bonds is 8. The minimum atomic E-state index is -1.12. The van der Waals surface area contributed by atoms with E-state index in [0.29, 0.717) is 18.8 Å². The Bertz CT molecular complexity index is 687. The third kappa shape index (κ3) is 4.22. The lowest BCUT2D eigenvalue weighted by molar-refractivity contribution is 0.295. The van der Waals surface area contributed by atoms with Gasteiger partial charge in [-0.15, -0.1) is 0 Å². The van der Waals surface area contributed by atoms with Crippen molar-refractivity contribution >= 4 is 0 Å². The number of unbranched alkanes of at least 4 members (excludes halogenated alkanes) is 1. The largest absolute Gasteiger partial charge is 0.493 e. The zero-order valence-corrected chi connectivity index (χ0v) is 13.9. The Hall–Kier alpha value is -2.17. The molecule has 0 heterocycles. The molecule has 2 aromatic carbocycles. The Kier molecular flexibility index (Phi) is 6.53. The van der Waals surface area contributed by atoms with Crippen molar-refractivity contribution in [2.75, 3.05) is 13.2 Å². The van der Waals surface area contributed by atoms with Gasteiger partial charge in [-0.25, -0.2) is 8.78 Å². The smallest absolute Gasteiger partial charge is 0.201 e. The van der Waals surface area contributed by atoms with Gasteiger partial charge < -0.3 is 9.47 Å². The average molecular weight is 338 g/mol. The molecule has 0 aliphatic heterocycles. The molecule has 0 unspecified atom stereocenters. The van der Waals surface area contributed by atoms with Crippen molar-refractivity contribution in [3.05, 3.63) is 47.8 Å². The molecule has 2 nitrogen and oxygen atoms in total. The van der Waals surface area contributed by atoms with Gasteiger partial charge in [0.2, 0.25) is 5.82 Å². The van der Waals surface area contributed by atoms with Crippen LogP contribution in [0.25, 0.3) is 11.1 Å². The van der Waals surface area contributed by atoms with Crippen LogP contribution >= 0.6 is 0 Å². The van der Waals surface area contributed by atoms with E-state index < -0.39 is 17.5 Å². The standard InChI is InChI=1S/C19H21F3O2/c1-3-5-11-23-13-6-7-14(16(20)12-13)15-8-9-17(24-10-4-2)19(22)18(15)21/h6-9,12H,3-5,10-11H2,1-2H3. The summed E-state index contributed by atoms with van der Waals surface area (Å²) in [6.07, 6.45) is 2.51. The van der Waals surface area contributed by atoms with Crippen molar-refractivity contribution < 1.29 is 22.6 Å². The van der Waals surface area contributed by atoms with Gasteiger partial charge in [-0.1, -0.05) is 20.3 Å². The molecule has 0 radical (unpaired) electrons. The number of hydrogen-bond acceptors (Lipinski definition) is 2. The van der Waals surface area contributed by atoms with Crippen molar-refractivity contribution in [2.24, 2.45) is 0 Å². The van der Waals surface area contributed by atoms with E-state index in [1.807, 2.05) is 13.8 Å². The van der Waals surface area contributed by atoms with Gasteiger partial charge in [-0.3, -0.25) is 0 Å². The van der Waals surface area contributed by atoms with Gasteiger partial charge in [-0.05, 0) is 37.1 Å². The molecule has 0 saturated heterocycles. The minimum Gasteiger partial charge on any atom is -0.493 e. The Balaban J connectivity index is 2.26. The predicted molar refractivity (Wildman–Crippen MR) is 87.9 cm³/mol. The highest BCUT2D eigenvalue weighted by molar-refractivity contribution is 5.66. The van der Waals surface area contributed by atoms with Crippen molar-refractivity contribution in [1.29, 1.82) is 0 Å². The van der Waals surface area contributed by atoms with Crippen LogP contribution in [0.2, 0.25) is 0 Å². The highest BCUT2D eigenvalue weighted by atomic mass is 19.2. The summed E-state index contributed by atoms with van der Waals surface area (Å²) in [7, 11) is 0. The molecule has 0 spiro atoms. The second kappa shape index (κ2) is 8.62. The lowest BCUT2D eigenvalue weighted by Gasteiger charge is -2.11. The summed E-state index contributed by atoms with van der Waals surface area (Å²) in [5.41, 5.74) is -0.162. The highest BCUT2D eigenvalue weighted by Gasteiger charge is 2.18. The summed E-state index contributed by atoms with van der Waals surface area (Å²) >= 11 is 0. The van der Waals surface area contributed by atoms with Crippen molar-refractivity contribution in [2.45, 2.75) is 33.1 Å². The van der Waals surface area contributed by atoms with Crippen LogP contribution in [0.5, 0.6) is 11.5 Å². The van der Waals surface area contributed by atoms with E-state index >= 15 is 0 Å². The number of halogens is 3. The lowest BCUT2D eigenvalue weighted by atomic mass is 10.0. The Labute approximate surface area is 140 Å². The van der Waals surface area contributed by atoms with E-state index in [1.165, 1.54) is 24.3 Å². The van der Waals surface area contributed by atoms with Crippen LogP contribution in [0, 0.1) is 17.5 Å². The molecule has 0 aliphatic carbocycles.